The van der Waals surface area contributed by atoms with E-state index in [0.29, 0.717) is 18.3 Å². The predicted octanol–water partition coefficient (Wildman–Crippen LogP) is 1.89. The van der Waals surface area contributed by atoms with E-state index in [9.17, 15) is 4.79 Å². The zero-order valence-electron chi connectivity index (χ0n) is 10.4. The van der Waals surface area contributed by atoms with Crippen molar-refractivity contribution >= 4 is 5.97 Å². The fourth-order valence-corrected chi connectivity index (χ4v) is 1.64. The summed E-state index contributed by atoms with van der Waals surface area (Å²) in [6.45, 7) is 4.16. The zero-order chi connectivity index (χ0) is 13.0. The molecule has 2 aromatic rings. The predicted molar refractivity (Wildman–Crippen MR) is 66.9 cm³/mol. The van der Waals surface area contributed by atoms with Crippen LogP contribution in [0, 0.1) is 6.92 Å². The van der Waals surface area contributed by atoms with Crippen molar-refractivity contribution in [1.29, 1.82) is 0 Å². The van der Waals surface area contributed by atoms with E-state index in [-0.39, 0.29) is 12.4 Å². The molecule has 94 valence electrons. The molecule has 1 heterocycles. The molecule has 0 unspecified atom stereocenters. The maximum Gasteiger partial charge on any atom is 0.313 e. The third-order valence-electron chi connectivity index (χ3n) is 2.43. The number of hydrogen-bond donors (Lipinski definition) is 1. The van der Waals surface area contributed by atoms with Crippen LogP contribution in [0.2, 0.25) is 0 Å². The Kier molecular flexibility index (Phi) is 3.72. The van der Waals surface area contributed by atoms with Crippen LogP contribution in [0.1, 0.15) is 18.3 Å². The van der Waals surface area contributed by atoms with Gasteiger partial charge in [0.15, 0.2) is 5.82 Å². The number of aryl methyl sites for hydroxylation is 1. The van der Waals surface area contributed by atoms with E-state index in [4.69, 9.17) is 4.74 Å². The molecule has 0 aliphatic heterocycles. The lowest BCUT2D eigenvalue weighted by Crippen LogP contribution is -2.08. The highest BCUT2D eigenvalue weighted by molar-refractivity contribution is 5.71. The Balaban J connectivity index is 2.13. The summed E-state index contributed by atoms with van der Waals surface area (Å²) < 4.78 is 4.85. The molecule has 0 amide bonds. The first-order valence-corrected chi connectivity index (χ1v) is 5.83. The Morgan fingerprint density at radius 2 is 2.28 bits per heavy atom. The highest BCUT2D eigenvalue weighted by atomic mass is 16.5. The maximum atomic E-state index is 11.3. The summed E-state index contributed by atoms with van der Waals surface area (Å²) in [6.07, 6.45) is 0.118. The van der Waals surface area contributed by atoms with E-state index in [0.717, 1.165) is 11.1 Å². The lowest BCUT2D eigenvalue weighted by atomic mass is 10.1. The highest BCUT2D eigenvalue weighted by Gasteiger charge is 2.10. The summed E-state index contributed by atoms with van der Waals surface area (Å²) in [6, 6.07) is 7.89. The number of benzene rings is 1. The van der Waals surface area contributed by atoms with E-state index < -0.39 is 0 Å². The van der Waals surface area contributed by atoms with Crippen LogP contribution in [0.15, 0.2) is 24.3 Å². The van der Waals surface area contributed by atoms with Gasteiger partial charge in [-0.25, -0.2) is 4.98 Å². The van der Waals surface area contributed by atoms with E-state index in [1.807, 2.05) is 31.2 Å². The van der Waals surface area contributed by atoms with E-state index >= 15 is 0 Å². The van der Waals surface area contributed by atoms with Gasteiger partial charge in [-0.15, -0.1) is 0 Å². The SMILES string of the molecule is CCOC(=O)Cc1nc(-c2cccc(C)c2)n[nH]1. The second-order valence-corrected chi connectivity index (χ2v) is 3.96. The Morgan fingerprint density at radius 3 is 3.00 bits per heavy atom. The van der Waals surface area contributed by atoms with Gasteiger partial charge in [-0.1, -0.05) is 23.8 Å². The minimum absolute atomic E-state index is 0.118. The van der Waals surface area contributed by atoms with Crippen LogP contribution in [0.3, 0.4) is 0 Å². The van der Waals surface area contributed by atoms with Crippen molar-refractivity contribution in [2.45, 2.75) is 20.3 Å². The van der Waals surface area contributed by atoms with Gasteiger partial charge >= 0.3 is 5.97 Å². The number of esters is 1. The van der Waals surface area contributed by atoms with Crippen LogP contribution in [0.4, 0.5) is 0 Å². The third kappa shape index (κ3) is 2.94. The van der Waals surface area contributed by atoms with Crippen LogP contribution in [-0.2, 0) is 16.0 Å². The molecular weight excluding hydrogens is 230 g/mol. The summed E-state index contributed by atoms with van der Waals surface area (Å²) in [5.41, 5.74) is 2.07. The topological polar surface area (TPSA) is 67.9 Å². The van der Waals surface area contributed by atoms with Gasteiger partial charge in [0.2, 0.25) is 0 Å². The van der Waals surface area contributed by atoms with Gasteiger partial charge < -0.3 is 4.74 Å². The minimum Gasteiger partial charge on any atom is -0.466 e. The van der Waals surface area contributed by atoms with Crippen molar-refractivity contribution in [3.63, 3.8) is 0 Å². The molecule has 0 atom stereocenters. The molecule has 0 saturated heterocycles. The molecule has 0 aliphatic carbocycles. The normalized spacial score (nSPS) is 10.3. The minimum atomic E-state index is -0.301. The number of aromatic amines is 1. The smallest absolute Gasteiger partial charge is 0.313 e. The van der Waals surface area contributed by atoms with Crippen LogP contribution in [-0.4, -0.2) is 27.8 Å². The van der Waals surface area contributed by atoms with E-state index in [1.54, 1.807) is 6.92 Å². The third-order valence-corrected chi connectivity index (χ3v) is 2.43. The van der Waals surface area contributed by atoms with Gasteiger partial charge in [-0.2, -0.15) is 5.10 Å². The lowest BCUT2D eigenvalue weighted by molar-refractivity contribution is -0.142. The van der Waals surface area contributed by atoms with Gasteiger partial charge in [0.1, 0.15) is 12.2 Å². The molecule has 5 heteroatoms. The second-order valence-electron chi connectivity index (χ2n) is 3.96. The van der Waals surface area contributed by atoms with Crippen LogP contribution in [0.5, 0.6) is 0 Å². The van der Waals surface area contributed by atoms with Crippen molar-refractivity contribution in [3.05, 3.63) is 35.7 Å². The van der Waals surface area contributed by atoms with Gasteiger partial charge in [-0.05, 0) is 19.9 Å². The molecule has 1 N–H and O–H groups in total. The van der Waals surface area contributed by atoms with Crippen LogP contribution < -0.4 is 0 Å². The van der Waals surface area contributed by atoms with Crippen molar-refractivity contribution < 1.29 is 9.53 Å². The summed E-state index contributed by atoms with van der Waals surface area (Å²) >= 11 is 0. The van der Waals surface area contributed by atoms with Crippen molar-refractivity contribution in [2.24, 2.45) is 0 Å². The molecule has 2 rings (SSSR count). The van der Waals surface area contributed by atoms with Crippen molar-refractivity contribution in [3.8, 4) is 11.4 Å². The first kappa shape index (κ1) is 12.3. The summed E-state index contributed by atoms with van der Waals surface area (Å²) in [5, 5.41) is 6.85. The number of nitrogens with one attached hydrogen (secondary N) is 1. The first-order chi connectivity index (χ1) is 8.69. The zero-order valence-corrected chi connectivity index (χ0v) is 10.4. The molecule has 1 aromatic carbocycles. The Morgan fingerprint density at radius 1 is 1.44 bits per heavy atom. The summed E-state index contributed by atoms with van der Waals surface area (Å²) in [7, 11) is 0. The van der Waals surface area contributed by atoms with Crippen molar-refractivity contribution in [1.82, 2.24) is 15.2 Å². The maximum absolute atomic E-state index is 11.3. The van der Waals surface area contributed by atoms with Crippen LogP contribution >= 0.6 is 0 Å². The average molecular weight is 245 g/mol. The number of nitrogens with zero attached hydrogens (tertiary/aromatic N) is 2. The Labute approximate surface area is 105 Å². The summed E-state index contributed by atoms with van der Waals surface area (Å²) in [5.74, 6) is 0.812. The number of carbonyl (C=O) groups excluding carboxylic acids is 1. The first-order valence-electron chi connectivity index (χ1n) is 5.83. The van der Waals surface area contributed by atoms with Gasteiger partial charge in [0, 0.05) is 5.56 Å². The monoisotopic (exact) mass is 245 g/mol. The molecule has 0 fully saturated rings. The molecule has 18 heavy (non-hydrogen) atoms. The Hall–Kier alpha value is -2.17. The highest BCUT2D eigenvalue weighted by Crippen LogP contribution is 2.15. The lowest BCUT2D eigenvalue weighted by Gasteiger charge is -1.98. The largest absolute Gasteiger partial charge is 0.466 e. The number of carbonyl (C=O) groups is 1. The molecule has 0 bridgehead atoms. The molecule has 0 radical (unpaired) electrons. The molecule has 0 saturated carbocycles. The average Bonchev–Trinajstić information content (AvgIpc) is 2.78. The number of hydrogen-bond acceptors (Lipinski definition) is 4. The fraction of sp³-hybridized carbons (Fsp3) is 0.308. The molecular formula is C13H15N3O2. The molecule has 0 spiro atoms. The van der Waals surface area contributed by atoms with E-state index in [1.165, 1.54) is 0 Å². The number of aromatic nitrogens is 3. The molecule has 1 aromatic heterocycles. The molecule has 0 aliphatic rings. The van der Waals surface area contributed by atoms with Crippen LogP contribution in [0.25, 0.3) is 11.4 Å². The van der Waals surface area contributed by atoms with Gasteiger partial charge in [-0.3, -0.25) is 9.89 Å². The van der Waals surface area contributed by atoms with Crippen molar-refractivity contribution in [2.75, 3.05) is 6.61 Å². The number of ether oxygens (including phenoxy) is 1. The summed E-state index contributed by atoms with van der Waals surface area (Å²) in [4.78, 5) is 15.6. The van der Waals surface area contributed by atoms with Gasteiger partial charge in [0.05, 0.1) is 6.61 Å². The second kappa shape index (κ2) is 5.44. The number of rotatable bonds is 4. The van der Waals surface area contributed by atoms with E-state index in [2.05, 4.69) is 15.2 Å². The quantitative estimate of drug-likeness (QED) is 0.835. The Bertz CT molecular complexity index is 549. The fourth-order valence-electron chi connectivity index (χ4n) is 1.64. The standard InChI is InChI=1S/C13H15N3O2/c1-3-18-12(17)8-11-14-13(16-15-11)10-6-4-5-9(2)7-10/h4-7H,3,8H2,1-2H3,(H,14,15,16). The number of H-pyrrole nitrogens is 1. The van der Waals surface area contributed by atoms with Gasteiger partial charge in [0.25, 0.3) is 0 Å². The molecule has 5 nitrogen and oxygen atoms in total.